The van der Waals surface area contributed by atoms with Crippen molar-refractivity contribution in [2.75, 3.05) is 52.5 Å². The summed E-state index contributed by atoms with van der Waals surface area (Å²) in [5.41, 5.74) is 12.8. The molecule has 12 heterocycles. The summed E-state index contributed by atoms with van der Waals surface area (Å²) in [6.45, 7) is 7.62. The molecule has 8 aliphatic rings. The molecule has 6 fully saturated rings. The van der Waals surface area contributed by atoms with Crippen LogP contribution in [0.25, 0.3) is 22.1 Å². The van der Waals surface area contributed by atoms with Crippen molar-refractivity contribution in [3.05, 3.63) is 101 Å². The van der Waals surface area contributed by atoms with Gasteiger partial charge in [-0.3, -0.25) is 19.6 Å². The molecular weight excluding hydrogens is 1110 g/mol. The largest absolute Gasteiger partial charge is 1.00 e. The first kappa shape index (κ1) is 65.8. The van der Waals surface area contributed by atoms with Gasteiger partial charge in [0.1, 0.15) is 23.9 Å². The van der Waals surface area contributed by atoms with E-state index in [-0.39, 0.29) is 63.5 Å². The Morgan fingerprint density at radius 1 is 0.706 bits per heavy atom. The number of nitrogens with zero attached hydrogens (tertiary/aromatic N) is 6. The first-order valence-electron chi connectivity index (χ1n) is 27.9. The van der Waals surface area contributed by atoms with Crippen molar-refractivity contribution in [3.63, 3.8) is 0 Å². The molecule has 14 rings (SSSR count). The van der Waals surface area contributed by atoms with Crippen LogP contribution in [0.4, 0.5) is 14.5 Å². The van der Waals surface area contributed by atoms with Crippen LogP contribution < -0.4 is 64.9 Å². The zero-order valence-corrected chi connectivity index (χ0v) is 50.9. The molecule has 0 aromatic carbocycles. The number of methoxy groups -OCH3 is 2. The van der Waals surface area contributed by atoms with Crippen LogP contribution in [-0.4, -0.2) is 132 Å². The van der Waals surface area contributed by atoms with E-state index >= 15 is 0 Å². The van der Waals surface area contributed by atoms with Gasteiger partial charge in [0.25, 0.3) is 0 Å². The molecule has 0 unspecified atom stereocenters. The predicted molar refractivity (Wildman–Crippen MR) is 302 cm³/mol. The first-order chi connectivity index (χ1) is 40.4. The van der Waals surface area contributed by atoms with E-state index in [0.717, 1.165) is 121 Å². The van der Waals surface area contributed by atoms with Crippen LogP contribution in [0.15, 0.2) is 60.9 Å². The fraction of sp³-hybridized carbons (Fsp3) is 0.492. The van der Waals surface area contributed by atoms with E-state index in [9.17, 15) is 28.0 Å². The van der Waals surface area contributed by atoms with Crippen molar-refractivity contribution in [1.82, 2.24) is 35.2 Å². The normalized spacial score (nSPS) is 21.8. The van der Waals surface area contributed by atoms with Gasteiger partial charge in [0.15, 0.2) is 6.29 Å². The Morgan fingerprint density at radius 2 is 1.26 bits per heavy atom. The topological polar surface area (TPSA) is 279 Å². The minimum atomic E-state index is -0.639. The SMILES string of the molecule is CC(=O)OOC(C)=O.COc1ccc2ncc(F)c(CCC34CCC(N)(CC3)CO4)c2n1.COc1ccc2ncc(F)c(CCC34CCC(NCc5ccc6c(n5)OCCN6)(CC3)CO4)c2n1.O=Cc1ccc2c(n1)OCCC2.[B-]OC(C)=O.[Na+]. The fourth-order valence-corrected chi connectivity index (χ4v) is 10.8. The van der Waals surface area contributed by atoms with Gasteiger partial charge in [-0.2, -0.15) is 0 Å². The molecule has 0 amide bonds. The number of fused-ring (bicyclic) bond motifs is 10. The van der Waals surface area contributed by atoms with E-state index in [2.05, 4.69) is 63.0 Å². The van der Waals surface area contributed by atoms with E-state index in [1.165, 1.54) is 19.3 Å². The number of hydrogen-bond donors (Lipinski definition) is 3. The van der Waals surface area contributed by atoms with Gasteiger partial charge in [0, 0.05) is 73.8 Å². The van der Waals surface area contributed by atoms with Crippen LogP contribution in [0.3, 0.4) is 0 Å². The fourth-order valence-electron chi connectivity index (χ4n) is 10.8. The Bertz CT molecular complexity index is 3250. The summed E-state index contributed by atoms with van der Waals surface area (Å²) in [6, 6.07) is 14.8. The maximum atomic E-state index is 14.8. The number of aldehydes is 1. The molecule has 6 aromatic heterocycles. The minimum absolute atomic E-state index is 0. The average molecular weight is 1190 g/mol. The van der Waals surface area contributed by atoms with E-state index in [4.69, 9.17) is 34.2 Å². The van der Waals surface area contributed by atoms with Gasteiger partial charge >= 0.3 is 41.5 Å². The Hall–Kier alpha value is -6.74. The molecule has 85 heavy (non-hydrogen) atoms. The number of rotatable bonds is 12. The van der Waals surface area contributed by atoms with Gasteiger partial charge < -0.3 is 57.5 Å². The molecule has 3 radical (unpaired) electrons. The predicted octanol–water partition coefficient (Wildman–Crippen LogP) is 4.42. The number of ether oxygens (including phenoxy) is 6. The summed E-state index contributed by atoms with van der Waals surface area (Å²) in [5.74, 6) is -0.153. The number of aromatic nitrogens is 6. The summed E-state index contributed by atoms with van der Waals surface area (Å²) in [6.07, 6.45) is 15.8. The van der Waals surface area contributed by atoms with Crippen molar-refractivity contribution in [1.29, 1.82) is 0 Å². The first-order valence-corrected chi connectivity index (χ1v) is 27.9. The van der Waals surface area contributed by atoms with Crippen LogP contribution >= 0.6 is 0 Å². The monoisotopic (exact) mass is 1180 g/mol. The van der Waals surface area contributed by atoms with Crippen molar-refractivity contribution in [2.24, 2.45) is 5.73 Å². The number of carbonyl (C=O) groups is 4. The smallest absolute Gasteiger partial charge is 0.793 e. The third kappa shape index (κ3) is 17.5. The van der Waals surface area contributed by atoms with Crippen molar-refractivity contribution in [3.8, 4) is 23.5 Å². The molecule has 4 N–H and O–H groups in total. The van der Waals surface area contributed by atoms with Crippen LogP contribution in [0.2, 0.25) is 0 Å². The Labute approximate surface area is 514 Å². The minimum Gasteiger partial charge on any atom is -0.793 e. The molecule has 0 spiro atoms. The Balaban J connectivity index is 0.000000178. The van der Waals surface area contributed by atoms with Gasteiger partial charge in [0.05, 0.1) is 91.1 Å². The molecule has 2 saturated carbocycles. The molecule has 4 saturated heterocycles. The number of nitrogens with two attached hydrogens (primary N) is 1. The summed E-state index contributed by atoms with van der Waals surface area (Å²) >= 11 is 0. The second-order valence-electron chi connectivity index (χ2n) is 21.5. The van der Waals surface area contributed by atoms with Gasteiger partial charge in [-0.15, -0.1) is 0 Å². The molecule has 0 atom stereocenters. The molecule has 4 bridgehead atoms. The average Bonchev–Trinajstić information content (AvgIpc) is 3.25. The number of pyridine rings is 6. The number of hydrogen-bond acceptors (Lipinski definition) is 22. The zero-order chi connectivity index (χ0) is 59.9. The Kier molecular flexibility index (Phi) is 23.3. The van der Waals surface area contributed by atoms with Gasteiger partial charge in [-0.25, -0.2) is 48.1 Å². The zero-order valence-electron chi connectivity index (χ0n) is 48.9. The van der Waals surface area contributed by atoms with E-state index < -0.39 is 17.9 Å². The van der Waals surface area contributed by atoms with Crippen molar-refractivity contribution < 1.29 is 100 Å². The number of halogens is 2. The van der Waals surface area contributed by atoms with E-state index in [1.54, 1.807) is 32.4 Å². The van der Waals surface area contributed by atoms with Crippen LogP contribution in [-0.2, 0) is 64.1 Å². The second-order valence-corrected chi connectivity index (χ2v) is 21.5. The van der Waals surface area contributed by atoms with Crippen molar-refractivity contribution in [2.45, 2.75) is 139 Å². The van der Waals surface area contributed by atoms with Crippen LogP contribution in [0, 0.1) is 11.6 Å². The summed E-state index contributed by atoms with van der Waals surface area (Å²) < 4.78 is 66.7. The number of nitrogens with one attached hydrogen (secondary N) is 2. The molecule has 447 valence electrons. The molecule has 6 aliphatic heterocycles. The third-order valence-electron chi connectivity index (χ3n) is 15.7. The van der Waals surface area contributed by atoms with Crippen LogP contribution in [0.1, 0.15) is 124 Å². The van der Waals surface area contributed by atoms with Crippen LogP contribution in [0.5, 0.6) is 23.5 Å². The quantitative estimate of drug-likeness (QED) is 0.0662. The van der Waals surface area contributed by atoms with Gasteiger partial charge in [0.2, 0.25) is 29.5 Å². The van der Waals surface area contributed by atoms with Gasteiger partial charge in [-0.05, 0) is 120 Å². The van der Waals surface area contributed by atoms with E-state index in [1.807, 2.05) is 30.3 Å². The number of carbonyl (C=O) groups excluding carboxylic acids is 4. The number of anilines is 1. The number of aryl methyl sites for hydroxylation is 3. The standard InChI is InChI=1S/C26H30FN5O3.C18H22FN3O2.C9H9NO2.C4H6O4.C2H3BO2.Na/c1-33-22-5-4-20-23(32-22)18(19(27)15-29-20)6-7-26-10-8-25(9-11-26,16-35-26)30-14-17-2-3-21-24(31-17)34-13-12-28-21;1-23-15-3-2-14-16(22-15)12(13(19)10-21-14)4-5-18-8-6-17(20,7-9-18)11-24-18;11-6-8-4-3-7-2-1-5-12-9(7)10-8;1-3(5)7-8-4(2)6;1-2(4)5-3;/h2-5,15,28,30H,6-14,16H2,1H3;2-3,10H,4-9,11,20H2,1H3;3-4,6H,1-2,5H2;1-2H3;1H3;/q;;;;-1;+1. The van der Waals surface area contributed by atoms with E-state index in [0.29, 0.717) is 108 Å². The van der Waals surface area contributed by atoms with Gasteiger partial charge in [-0.1, -0.05) is 6.07 Å². The summed E-state index contributed by atoms with van der Waals surface area (Å²) in [4.78, 5) is 73.0. The molecular formula is C59H70BF2N9NaO13. The third-order valence-corrected chi connectivity index (χ3v) is 15.7. The molecule has 22 nitrogen and oxygen atoms in total. The molecule has 26 heteroatoms. The molecule has 6 aromatic rings. The summed E-state index contributed by atoms with van der Waals surface area (Å²) in [5, 5.41) is 7.03. The Morgan fingerprint density at radius 3 is 1.75 bits per heavy atom. The molecule has 2 aliphatic carbocycles. The summed E-state index contributed by atoms with van der Waals surface area (Å²) in [7, 11) is 7.43. The maximum Gasteiger partial charge on any atom is 1.00 e. The second kappa shape index (κ2) is 30.1. The van der Waals surface area contributed by atoms with Crippen molar-refractivity contribution >= 4 is 60.0 Å². The maximum absolute atomic E-state index is 14.8.